The Bertz CT molecular complexity index is 606. The number of fused-ring (bicyclic) bond motifs is 1. The third-order valence-electron chi connectivity index (χ3n) is 3.98. The first kappa shape index (κ1) is 12.9. The van der Waals surface area contributed by atoms with Crippen molar-refractivity contribution in [2.45, 2.75) is 25.8 Å². The highest BCUT2D eigenvalue weighted by molar-refractivity contribution is 5.77. The predicted molar refractivity (Wildman–Crippen MR) is 82.0 cm³/mol. The second kappa shape index (κ2) is 5.49. The van der Waals surface area contributed by atoms with Gasteiger partial charge in [-0.05, 0) is 36.6 Å². The Labute approximate surface area is 120 Å². The van der Waals surface area contributed by atoms with E-state index in [1.54, 1.807) is 6.92 Å². The van der Waals surface area contributed by atoms with E-state index in [0.717, 1.165) is 13.0 Å². The number of para-hydroxylation sites is 1. The van der Waals surface area contributed by atoms with Crippen LogP contribution in [0.3, 0.4) is 0 Å². The van der Waals surface area contributed by atoms with Crippen molar-refractivity contribution in [1.29, 1.82) is 0 Å². The molecule has 0 saturated heterocycles. The average Bonchev–Trinajstić information content (AvgIpc) is 2.48. The van der Waals surface area contributed by atoms with Crippen LogP contribution in [0.4, 0.5) is 5.69 Å². The quantitative estimate of drug-likeness (QED) is 0.842. The minimum atomic E-state index is 0.167. The molecule has 0 saturated carbocycles. The van der Waals surface area contributed by atoms with Crippen molar-refractivity contribution in [3.05, 3.63) is 65.7 Å². The van der Waals surface area contributed by atoms with Crippen LogP contribution in [0.15, 0.2) is 54.6 Å². The molecule has 2 aromatic rings. The number of hydrogen-bond donors (Lipinski definition) is 0. The molecule has 2 heteroatoms. The van der Waals surface area contributed by atoms with Crippen LogP contribution in [0.2, 0.25) is 0 Å². The number of nitrogens with zero attached hydrogens (tertiary/aromatic N) is 1. The Morgan fingerprint density at radius 3 is 2.55 bits per heavy atom. The summed E-state index contributed by atoms with van der Waals surface area (Å²) in [6, 6.07) is 19.1. The van der Waals surface area contributed by atoms with Crippen LogP contribution in [0.5, 0.6) is 0 Å². The van der Waals surface area contributed by atoms with Gasteiger partial charge in [0.1, 0.15) is 5.78 Å². The third kappa shape index (κ3) is 2.46. The molecular weight excluding hydrogens is 246 g/mol. The third-order valence-corrected chi connectivity index (χ3v) is 3.98. The molecule has 102 valence electrons. The highest BCUT2D eigenvalue weighted by atomic mass is 16.1. The Kier molecular flexibility index (Phi) is 3.55. The lowest BCUT2D eigenvalue weighted by molar-refractivity contribution is -0.117. The molecule has 0 fully saturated rings. The fourth-order valence-corrected chi connectivity index (χ4v) is 3.07. The molecule has 0 N–H and O–H groups in total. The van der Waals surface area contributed by atoms with Crippen molar-refractivity contribution in [3.63, 3.8) is 0 Å². The Hall–Kier alpha value is -2.09. The van der Waals surface area contributed by atoms with E-state index < -0.39 is 0 Å². The smallest absolute Gasteiger partial charge is 0.132 e. The molecule has 1 aliphatic rings. The number of rotatable bonds is 3. The number of anilines is 1. The minimum absolute atomic E-state index is 0.167. The Morgan fingerprint density at radius 2 is 1.80 bits per heavy atom. The molecule has 0 amide bonds. The average molecular weight is 265 g/mol. The van der Waals surface area contributed by atoms with Gasteiger partial charge in [-0.3, -0.25) is 4.79 Å². The number of ketones is 1. The lowest BCUT2D eigenvalue weighted by Gasteiger charge is -2.38. The predicted octanol–water partition coefficient (Wildman–Crippen LogP) is 3.77. The van der Waals surface area contributed by atoms with E-state index in [-0.39, 0.29) is 11.8 Å². The minimum Gasteiger partial charge on any atom is -0.364 e. The van der Waals surface area contributed by atoms with Gasteiger partial charge in [0.2, 0.25) is 0 Å². The van der Waals surface area contributed by atoms with Crippen molar-refractivity contribution in [3.8, 4) is 0 Å². The molecule has 0 aromatic heterocycles. The second-order valence-electron chi connectivity index (χ2n) is 5.40. The fraction of sp³-hybridized carbons (Fsp3) is 0.278. The standard InChI is InChI=1S/C18H19NO/c1-14(20)13-18-17-10-6-5-7-15(17)11-12-19(18)16-8-3-2-4-9-16/h2-10,18H,11-13H2,1H3. The van der Waals surface area contributed by atoms with Crippen LogP contribution >= 0.6 is 0 Å². The molecule has 0 bridgehead atoms. The molecule has 20 heavy (non-hydrogen) atoms. The number of Topliss-reactive ketones (excluding diaryl/α,β-unsaturated/α-hetero) is 1. The summed E-state index contributed by atoms with van der Waals surface area (Å²) in [6.07, 6.45) is 1.62. The van der Waals surface area contributed by atoms with Gasteiger partial charge in [-0.15, -0.1) is 0 Å². The molecule has 2 nitrogen and oxygen atoms in total. The topological polar surface area (TPSA) is 20.3 Å². The maximum Gasteiger partial charge on any atom is 0.132 e. The second-order valence-corrected chi connectivity index (χ2v) is 5.40. The summed E-state index contributed by atoms with van der Waals surface area (Å²) in [5, 5.41) is 0. The maximum atomic E-state index is 11.7. The molecule has 3 rings (SSSR count). The summed E-state index contributed by atoms with van der Waals surface area (Å²) < 4.78 is 0. The highest BCUT2D eigenvalue weighted by Gasteiger charge is 2.28. The van der Waals surface area contributed by atoms with Gasteiger partial charge in [0.15, 0.2) is 0 Å². The van der Waals surface area contributed by atoms with E-state index in [9.17, 15) is 4.79 Å². The zero-order chi connectivity index (χ0) is 13.9. The summed E-state index contributed by atoms with van der Waals surface area (Å²) in [4.78, 5) is 14.0. The number of carbonyl (C=O) groups is 1. The first-order chi connectivity index (χ1) is 9.75. The molecule has 1 unspecified atom stereocenters. The Balaban J connectivity index is 2.01. The monoisotopic (exact) mass is 265 g/mol. The Morgan fingerprint density at radius 1 is 1.10 bits per heavy atom. The summed E-state index contributed by atoms with van der Waals surface area (Å²) in [5.74, 6) is 0.243. The first-order valence-corrected chi connectivity index (χ1v) is 7.14. The lowest BCUT2D eigenvalue weighted by atomic mass is 9.89. The van der Waals surface area contributed by atoms with Gasteiger partial charge in [0.25, 0.3) is 0 Å². The van der Waals surface area contributed by atoms with Crippen LogP contribution in [-0.4, -0.2) is 12.3 Å². The fourth-order valence-electron chi connectivity index (χ4n) is 3.07. The molecule has 1 aliphatic heterocycles. The molecule has 0 spiro atoms. The zero-order valence-electron chi connectivity index (χ0n) is 11.8. The van der Waals surface area contributed by atoms with E-state index in [4.69, 9.17) is 0 Å². The molecule has 1 atom stereocenters. The van der Waals surface area contributed by atoms with Crippen LogP contribution in [0.25, 0.3) is 0 Å². The van der Waals surface area contributed by atoms with Gasteiger partial charge in [-0.1, -0.05) is 42.5 Å². The highest BCUT2D eigenvalue weighted by Crippen LogP contribution is 2.35. The van der Waals surface area contributed by atoms with Gasteiger partial charge in [0.05, 0.1) is 6.04 Å². The zero-order valence-corrected chi connectivity index (χ0v) is 11.8. The van der Waals surface area contributed by atoms with E-state index in [2.05, 4.69) is 53.4 Å². The summed E-state index contributed by atoms with van der Waals surface area (Å²) in [6.45, 7) is 2.65. The molecule has 0 radical (unpaired) electrons. The van der Waals surface area contributed by atoms with E-state index >= 15 is 0 Å². The normalized spacial score (nSPS) is 17.6. The number of carbonyl (C=O) groups excluding carboxylic acids is 1. The summed E-state index contributed by atoms with van der Waals surface area (Å²) in [7, 11) is 0. The van der Waals surface area contributed by atoms with E-state index in [0.29, 0.717) is 6.42 Å². The maximum absolute atomic E-state index is 11.7. The van der Waals surface area contributed by atoms with Crippen molar-refractivity contribution in [2.75, 3.05) is 11.4 Å². The van der Waals surface area contributed by atoms with Crippen LogP contribution in [-0.2, 0) is 11.2 Å². The van der Waals surface area contributed by atoms with Crippen molar-refractivity contribution < 1.29 is 4.79 Å². The summed E-state index contributed by atoms with van der Waals surface area (Å²) >= 11 is 0. The lowest BCUT2D eigenvalue weighted by Crippen LogP contribution is -2.36. The van der Waals surface area contributed by atoms with Gasteiger partial charge < -0.3 is 4.90 Å². The van der Waals surface area contributed by atoms with Crippen molar-refractivity contribution >= 4 is 11.5 Å². The molecular formula is C18H19NO. The van der Waals surface area contributed by atoms with E-state index in [1.165, 1.54) is 16.8 Å². The number of benzene rings is 2. The van der Waals surface area contributed by atoms with E-state index in [1.807, 2.05) is 6.07 Å². The summed E-state index contributed by atoms with van der Waals surface area (Å²) in [5.41, 5.74) is 3.89. The van der Waals surface area contributed by atoms with Crippen LogP contribution < -0.4 is 4.90 Å². The van der Waals surface area contributed by atoms with Gasteiger partial charge in [0, 0.05) is 18.7 Å². The van der Waals surface area contributed by atoms with Crippen LogP contribution in [0.1, 0.15) is 30.5 Å². The van der Waals surface area contributed by atoms with Crippen molar-refractivity contribution in [2.24, 2.45) is 0 Å². The SMILES string of the molecule is CC(=O)CC1c2ccccc2CCN1c1ccccc1. The van der Waals surface area contributed by atoms with Crippen LogP contribution in [0, 0.1) is 0 Å². The van der Waals surface area contributed by atoms with Gasteiger partial charge in [-0.2, -0.15) is 0 Å². The van der Waals surface area contributed by atoms with Gasteiger partial charge >= 0.3 is 0 Å². The largest absolute Gasteiger partial charge is 0.364 e. The molecule has 1 heterocycles. The van der Waals surface area contributed by atoms with Gasteiger partial charge in [-0.25, -0.2) is 0 Å². The molecule has 0 aliphatic carbocycles. The first-order valence-electron chi connectivity index (χ1n) is 7.14. The number of hydrogen-bond acceptors (Lipinski definition) is 2. The van der Waals surface area contributed by atoms with Crippen molar-refractivity contribution in [1.82, 2.24) is 0 Å². The molecule has 2 aromatic carbocycles.